The SMILES string of the molecule is Cc1cc(-c2ccc3cc(C(F)(F)F)ccc3n2)ccc1NC(=O)n1cc(C)c(C)n1. The third-order valence-electron chi connectivity index (χ3n) is 5.13. The molecule has 0 unspecified atom stereocenters. The molecule has 0 saturated heterocycles. The van der Waals surface area contributed by atoms with Gasteiger partial charge in [-0.2, -0.15) is 23.0 Å². The number of pyridine rings is 1. The summed E-state index contributed by atoms with van der Waals surface area (Å²) in [5, 5.41) is 7.43. The van der Waals surface area contributed by atoms with E-state index in [1.807, 2.05) is 26.8 Å². The van der Waals surface area contributed by atoms with E-state index < -0.39 is 11.7 Å². The minimum Gasteiger partial charge on any atom is -0.306 e. The fraction of sp³-hybridized carbons (Fsp3) is 0.174. The van der Waals surface area contributed by atoms with Crippen LogP contribution >= 0.6 is 0 Å². The second-order valence-electron chi connectivity index (χ2n) is 7.40. The standard InChI is InChI=1S/C23H19F3N4O/c1-13-10-16(4-7-19(13)28-22(31)30-12-14(2)15(3)29-30)20-8-5-17-11-18(23(24,25)26)6-9-21(17)27-20/h4-12H,1-3H3,(H,28,31). The summed E-state index contributed by atoms with van der Waals surface area (Å²) in [6, 6.07) is 11.9. The molecule has 2 aromatic heterocycles. The van der Waals surface area contributed by atoms with E-state index in [2.05, 4.69) is 15.4 Å². The van der Waals surface area contributed by atoms with Crippen LogP contribution in [0.1, 0.15) is 22.4 Å². The van der Waals surface area contributed by atoms with Gasteiger partial charge in [0.25, 0.3) is 0 Å². The molecule has 1 amide bonds. The van der Waals surface area contributed by atoms with Crippen LogP contribution < -0.4 is 5.32 Å². The molecule has 5 nitrogen and oxygen atoms in total. The van der Waals surface area contributed by atoms with Gasteiger partial charge < -0.3 is 5.32 Å². The Morgan fingerprint density at radius 2 is 1.74 bits per heavy atom. The molecule has 31 heavy (non-hydrogen) atoms. The number of nitrogens with one attached hydrogen (secondary N) is 1. The summed E-state index contributed by atoms with van der Waals surface area (Å²) in [4.78, 5) is 16.9. The molecule has 2 aromatic carbocycles. The van der Waals surface area contributed by atoms with E-state index in [0.29, 0.717) is 22.3 Å². The van der Waals surface area contributed by atoms with E-state index in [1.54, 1.807) is 30.5 Å². The number of anilines is 1. The highest BCUT2D eigenvalue weighted by Gasteiger charge is 2.30. The van der Waals surface area contributed by atoms with Gasteiger partial charge in [0.1, 0.15) is 0 Å². The first-order valence-electron chi connectivity index (χ1n) is 9.55. The molecule has 158 valence electrons. The van der Waals surface area contributed by atoms with Gasteiger partial charge in [0.15, 0.2) is 0 Å². The molecule has 0 fully saturated rings. The number of amides is 1. The second kappa shape index (κ2) is 7.54. The van der Waals surface area contributed by atoms with Crippen molar-refractivity contribution < 1.29 is 18.0 Å². The van der Waals surface area contributed by atoms with Gasteiger partial charge in [0, 0.05) is 22.8 Å². The lowest BCUT2D eigenvalue weighted by atomic mass is 10.0. The molecular formula is C23H19F3N4O. The molecule has 0 radical (unpaired) electrons. The summed E-state index contributed by atoms with van der Waals surface area (Å²) in [5.74, 6) is 0. The fourth-order valence-corrected chi connectivity index (χ4v) is 3.25. The number of hydrogen-bond donors (Lipinski definition) is 1. The van der Waals surface area contributed by atoms with Gasteiger partial charge in [-0.25, -0.2) is 9.78 Å². The molecule has 0 aliphatic heterocycles. The van der Waals surface area contributed by atoms with Crippen LogP contribution in [-0.4, -0.2) is 20.8 Å². The van der Waals surface area contributed by atoms with Crippen molar-refractivity contribution in [3.05, 3.63) is 77.1 Å². The number of aromatic nitrogens is 3. The third-order valence-corrected chi connectivity index (χ3v) is 5.13. The van der Waals surface area contributed by atoms with Crippen molar-refractivity contribution in [1.29, 1.82) is 0 Å². The number of aryl methyl sites for hydroxylation is 3. The van der Waals surface area contributed by atoms with Crippen LogP contribution in [-0.2, 0) is 6.18 Å². The molecule has 2 heterocycles. The number of alkyl halides is 3. The van der Waals surface area contributed by atoms with Crippen LogP contribution in [0, 0.1) is 20.8 Å². The van der Waals surface area contributed by atoms with Gasteiger partial charge in [-0.3, -0.25) is 0 Å². The van der Waals surface area contributed by atoms with Crippen molar-refractivity contribution in [2.75, 3.05) is 5.32 Å². The molecule has 0 aliphatic carbocycles. The van der Waals surface area contributed by atoms with E-state index in [4.69, 9.17) is 0 Å². The average Bonchev–Trinajstić information content (AvgIpc) is 3.06. The molecule has 1 N–H and O–H groups in total. The maximum Gasteiger partial charge on any atom is 0.416 e. The van der Waals surface area contributed by atoms with Crippen LogP contribution in [0.2, 0.25) is 0 Å². The summed E-state index contributed by atoms with van der Waals surface area (Å²) >= 11 is 0. The quantitative estimate of drug-likeness (QED) is 0.422. The molecule has 0 spiro atoms. The largest absolute Gasteiger partial charge is 0.416 e. The number of benzene rings is 2. The van der Waals surface area contributed by atoms with Gasteiger partial charge in [0.2, 0.25) is 0 Å². The molecule has 4 rings (SSSR count). The summed E-state index contributed by atoms with van der Waals surface area (Å²) in [5.41, 5.74) is 4.36. The summed E-state index contributed by atoms with van der Waals surface area (Å²) in [7, 11) is 0. The van der Waals surface area contributed by atoms with Gasteiger partial charge in [-0.1, -0.05) is 12.1 Å². The number of fused-ring (bicyclic) bond motifs is 1. The van der Waals surface area contributed by atoms with E-state index in [-0.39, 0.29) is 6.03 Å². The Hall–Kier alpha value is -3.68. The monoisotopic (exact) mass is 424 g/mol. The lowest BCUT2D eigenvalue weighted by Gasteiger charge is -2.11. The highest BCUT2D eigenvalue weighted by Crippen LogP contribution is 2.32. The zero-order chi connectivity index (χ0) is 22.3. The number of nitrogens with zero attached hydrogens (tertiary/aromatic N) is 3. The van der Waals surface area contributed by atoms with Crippen molar-refractivity contribution in [3.63, 3.8) is 0 Å². The highest BCUT2D eigenvalue weighted by atomic mass is 19.4. The number of rotatable bonds is 2. The number of hydrogen-bond acceptors (Lipinski definition) is 3. The van der Waals surface area contributed by atoms with Gasteiger partial charge in [-0.15, -0.1) is 0 Å². The van der Waals surface area contributed by atoms with E-state index >= 15 is 0 Å². The van der Waals surface area contributed by atoms with Gasteiger partial charge in [0.05, 0.1) is 22.5 Å². The third kappa shape index (κ3) is 4.14. The van der Waals surface area contributed by atoms with Crippen LogP contribution in [0.15, 0.2) is 54.7 Å². The van der Waals surface area contributed by atoms with Crippen molar-refractivity contribution in [2.24, 2.45) is 0 Å². The van der Waals surface area contributed by atoms with E-state index in [9.17, 15) is 18.0 Å². The lowest BCUT2D eigenvalue weighted by molar-refractivity contribution is -0.137. The average molecular weight is 424 g/mol. The Bertz CT molecular complexity index is 1290. The molecule has 0 bridgehead atoms. The van der Waals surface area contributed by atoms with Crippen LogP contribution in [0.5, 0.6) is 0 Å². The summed E-state index contributed by atoms with van der Waals surface area (Å²) in [6.07, 6.45) is -2.73. The Morgan fingerprint density at radius 1 is 0.968 bits per heavy atom. The minimum atomic E-state index is -4.39. The number of carbonyl (C=O) groups excluding carboxylic acids is 1. The zero-order valence-electron chi connectivity index (χ0n) is 17.1. The highest BCUT2D eigenvalue weighted by molar-refractivity contribution is 5.92. The minimum absolute atomic E-state index is 0.364. The summed E-state index contributed by atoms with van der Waals surface area (Å²) in [6.45, 7) is 5.57. The van der Waals surface area contributed by atoms with Crippen molar-refractivity contribution >= 4 is 22.6 Å². The van der Waals surface area contributed by atoms with Crippen molar-refractivity contribution in [2.45, 2.75) is 26.9 Å². The normalized spacial score (nSPS) is 11.7. The maximum absolute atomic E-state index is 12.9. The molecule has 0 saturated carbocycles. The van der Waals surface area contributed by atoms with Crippen LogP contribution in [0.4, 0.5) is 23.7 Å². The zero-order valence-corrected chi connectivity index (χ0v) is 17.1. The molecule has 0 aliphatic rings. The topological polar surface area (TPSA) is 59.8 Å². The molecular weight excluding hydrogens is 405 g/mol. The molecule has 0 atom stereocenters. The predicted molar refractivity (Wildman–Crippen MR) is 113 cm³/mol. The Kier molecular flexibility index (Phi) is 5.00. The van der Waals surface area contributed by atoms with Gasteiger partial charge in [-0.05, 0) is 68.3 Å². The lowest BCUT2D eigenvalue weighted by Crippen LogP contribution is -2.20. The first-order valence-corrected chi connectivity index (χ1v) is 9.55. The first kappa shape index (κ1) is 20.6. The van der Waals surface area contributed by atoms with Crippen LogP contribution in [0.3, 0.4) is 0 Å². The number of halogens is 3. The number of carbonyl (C=O) groups is 1. The van der Waals surface area contributed by atoms with Crippen molar-refractivity contribution in [1.82, 2.24) is 14.8 Å². The Morgan fingerprint density at radius 3 is 2.39 bits per heavy atom. The second-order valence-corrected chi connectivity index (χ2v) is 7.40. The van der Waals surface area contributed by atoms with Gasteiger partial charge >= 0.3 is 12.2 Å². The fourth-order valence-electron chi connectivity index (χ4n) is 3.25. The summed E-state index contributed by atoms with van der Waals surface area (Å²) < 4.78 is 40.0. The molecule has 8 heteroatoms. The smallest absolute Gasteiger partial charge is 0.306 e. The Labute approximate surface area is 176 Å². The van der Waals surface area contributed by atoms with Crippen LogP contribution in [0.25, 0.3) is 22.2 Å². The first-order chi connectivity index (χ1) is 14.6. The maximum atomic E-state index is 12.9. The van der Waals surface area contributed by atoms with E-state index in [0.717, 1.165) is 34.5 Å². The van der Waals surface area contributed by atoms with Crippen molar-refractivity contribution in [3.8, 4) is 11.3 Å². The van der Waals surface area contributed by atoms with E-state index in [1.165, 1.54) is 10.7 Å². The Balaban J connectivity index is 1.59. The molecule has 4 aromatic rings. The predicted octanol–water partition coefficient (Wildman–Crippen LogP) is 6.12.